The molecule has 0 bridgehead atoms. The van der Waals surface area contributed by atoms with Crippen molar-refractivity contribution >= 4 is 29.5 Å². The van der Waals surface area contributed by atoms with Gasteiger partial charge in [0.15, 0.2) is 0 Å². The van der Waals surface area contributed by atoms with Crippen molar-refractivity contribution < 1.29 is 19.1 Å². The number of carbonyl (C=O) groups excluding carboxylic acids is 3. The third-order valence-electron chi connectivity index (χ3n) is 3.90. The monoisotopic (exact) mass is 300 g/mol. The van der Waals surface area contributed by atoms with Crippen molar-refractivity contribution in [3.8, 4) is 0 Å². The molecule has 0 aromatic carbocycles. The summed E-state index contributed by atoms with van der Waals surface area (Å²) >= 11 is 1.88. The number of hydrogen-bond donors (Lipinski definition) is 1. The van der Waals surface area contributed by atoms with Crippen LogP contribution in [0, 0.1) is 0 Å². The Morgan fingerprint density at radius 2 is 1.90 bits per heavy atom. The minimum atomic E-state index is -0.306. The average Bonchev–Trinajstić information content (AvgIpc) is 2.78. The first-order valence-electron chi connectivity index (χ1n) is 6.79. The Labute approximate surface area is 122 Å². The van der Waals surface area contributed by atoms with Gasteiger partial charge in [0.1, 0.15) is 6.54 Å². The number of amides is 3. The highest BCUT2D eigenvalue weighted by atomic mass is 32.2. The summed E-state index contributed by atoms with van der Waals surface area (Å²) in [5, 5.41) is 2.79. The summed E-state index contributed by atoms with van der Waals surface area (Å²) in [7, 11) is 1.66. The molecule has 112 valence electrons. The maximum Gasteiger partial charge on any atom is 0.240 e. The van der Waals surface area contributed by atoms with Gasteiger partial charge < -0.3 is 10.1 Å². The van der Waals surface area contributed by atoms with E-state index in [4.69, 9.17) is 4.74 Å². The highest BCUT2D eigenvalue weighted by Gasteiger charge is 2.34. The van der Waals surface area contributed by atoms with Gasteiger partial charge in [-0.1, -0.05) is 0 Å². The van der Waals surface area contributed by atoms with E-state index in [1.54, 1.807) is 7.11 Å². The molecule has 2 fully saturated rings. The van der Waals surface area contributed by atoms with Crippen molar-refractivity contribution in [3.63, 3.8) is 0 Å². The fourth-order valence-corrected chi connectivity index (χ4v) is 3.69. The van der Waals surface area contributed by atoms with E-state index in [0.29, 0.717) is 6.54 Å². The Morgan fingerprint density at radius 1 is 1.30 bits per heavy atom. The molecule has 2 heterocycles. The van der Waals surface area contributed by atoms with Gasteiger partial charge in [-0.2, -0.15) is 11.8 Å². The quantitative estimate of drug-likeness (QED) is 0.732. The number of nitrogens with one attached hydrogen (secondary N) is 1. The number of carbonyl (C=O) groups is 3. The number of nitrogens with zero attached hydrogens (tertiary/aromatic N) is 1. The van der Waals surface area contributed by atoms with Crippen LogP contribution in [0.25, 0.3) is 0 Å². The van der Waals surface area contributed by atoms with Gasteiger partial charge in [-0.25, -0.2) is 0 Å². The van der Waals surface area contributed by atoms with Crippen LogP contribution in [0.4, 0.5) is 0 Å². The molecule has 1 N–H and O–H groups in total. The van der Waals surface area contributed by atoms with Crippen LogP contribution in [0.1, 0.15) is 25.7 Å². The zero-order chi connectivity index (χ0) is 14.6. The molecule has 2 aliphatic rings. The van der Waals surface area contributed by atoms with E-state index in [1.807, 2.05) is 11.8 Å². The fourth-order valence-electron chi connectivity index (χ4n) is 2.45. The van der Waals surface area contributed by atoms with E-state index >= 15 is 0 Å². The van der Waals surface area contributed by atoms with Crippen molar-refractivity contribution in [1.29, 1.82) is 0 Å². The molecule has 0 atom stereocenters. The lowest BCUT2D eigenvalue weighted by atomic mass is 9.96. The summed E-state index contributed by atoms with van der Waals surface area (Å²) in [6.07, 6.45) is 2.22. The van der Waals surface area contributed by atoms with E-state index in [-0.39, 0.29) is 42.7 Å². The number of rotatable bonds is 5. The molecule has 0 aromatic heterocycles. The summed E-state index contributed by atoms with van der Waals surface area (Å²) < 4.78 is 5.57. The Hall–Kier alpha value is -1.08. The number of likely N-dealkylation sites (tertiary alicyclic amines) is 1. The second-order valence-corrected chi connectivity index (χ2v) is 6.37. The molecule has 0 spiro atoms. The third kappa shape index (κ3) is 3.52. The summed E-state index contributed by atoms with van der Waals surface area (Å²) in [5.41, 5.74) is -0.306. The van der Waals surface area contributed by atoms with Crippen molar-refractivity contribution in [2.45, 2.75) is 31.3 Å². The molecule has 2 saturated heterocycles. The van der Waals surface area contributed by atoms with Crippen LogP contribution in [-0.2, 0) is 19.1 Å². The predicted octanol–water partition coefficient (Wildman–Crippen LogP) is 0.164. The molecule has 0 unspecified atom stereocenters. The lowest BCUT2D eigenvalue weighted by molar-refractivity contribution is -0.142. The molecule has 0 aliphatic carbocycles. The second-order valence-electron chi connectivity index (χ2n) is 5.15. The molecular weight excluding hydrogens is 280 g/mol. The molecule has 0 radical (unpaired) electrons. The molecule has 20 heavy (non-hydrogen) atoms. The zero-order valence-corrected chi connectivity index (χ0v) is 12.5. The molecule has 0 saturated carbocycles. The maximum atomic E-state index is 11.9. The molecule has 2 rings (SSSR count). The minimum absolute atomic E-state index is 0.174. The molecule has 7 heteroatoms. The van der Waals surface area contributed by atoms with Crippen molar-refractivity contribution in [2.24, 2.45) is 0 Å². The van der Waals surface area contributed by atoms with Gasteiger partial charge in [-0.3, -0.25) is 19.3 Å². The van der Waals surface area contributed by atoms with Crippen LogP contribution < -0.4 is 5.32 Å². The van der Waals surface area contributed by atoms with Crippen LogP contribution in [0.15, 0.2) is 0 Å². The van der Waals surface area contributed by atoms with Crippen molar-refractivity contribution in [2.75, 3.05) is 31.7 Å². The fraction of sp³-hybridized carbons (Fsp3) is 0.769. The smallest absolute Gasteiger partial charge is 0.240 e. The number of methoxy groups -OCH3 is 1. The number of ether oxygens (including phenoxy) is 1. The number of imide groups is 1. The van der Waals surface area contributed by atoms with Gasteiger partial charge in [-0.15, -0.1) is 0 Å². The van der Waals surface area contributed by atoms with E-state index in [2.05, 4.69) is 5.32 Å². The van der Waals surface area contributed by atoms with Crippen LogP contribution >= 0.6 is 11.8 Å². The molecular formula is C13H20N2O4S. The molecule has 0 aromatic rings. The van der Waals surface area contributed by atoms with Crippen molar-refractivity contribution in [1.82, 2.24) is 10.2 Å². The van der Waals surface area contributed by atoms with Gasteiger partial charge >= 0.3 is 0 Å². The van der Waals surface area contributed by atoms with Gasteiger partial charge in [0.25, 0.3) is 0 Å². The number of thioether (sulfide) groups is 1. The third-order valence-corrected chi connectivity index (χ3v) is 4.89. The van der Waals surface area contributed by atoms with E-state index < -0.39 is 0 Å². The second kappa shape index (κ2) is 6.58. The topological polar surface area (TPSA) is 75.7 Å². The van der Waals surface area contributed by atoms with Gasteiger partial charge in [0.05, 0.1) is 5.60 Å². The van der Waals surface area contributed by atoms with E-state index in [9.17, 15) is 14.4 Å². The van der Waals surface area contributed by atoms with Gasteiger partial charge in [-0.05, 0) is 24.3 Å². The summed E-state index contributed by atoms with van der Waals surface area (Å²) in [5.74, 6) is 1.21. The Kier molecular flexibility index (Phi) is 5.04. The summed E-state index contributed by atoms with van der Waals surface area (Å²) in [6.45, 7) is 0.255. The molecule has 3 amide bonds. The van der Waals surface area contributed by atoms with Crippen molar-refractivity contribution in [3.05, 3.63) is 0 Å². The Balaban J connectivity index is 1.82. The first-order chi connectivity index (χ1) is 9.56. The zero-order valence-electron chi connectivity index (χ0n) is 11.6. The first kappa shape index (κ1) is 15.3. The Morgan fingerprint density at radius 3 is 2.45 bits per heavy atom. The maximum absolute atomic E-state index is 11.9. The highest BCUT2D eigenvalue weighted by molar-refractivity contribution is 7.99. The van der Waals surface area contributed by atoms with Gasteiger partial charge in [0, 0.05) is 26.5 Å². The minimum Gasteiger partial charge on any atom is -0.376 e. The average molecular weight is 300 g/mol. The molecule has 2 aliphatic heterocycles. The summed E-state index contributed by atoms with van der Waals surface area (Å²) in [6, 6.07) is 0. The number of hydrogen-bond acceptors (Lipinski definition) is 5. The Bertz CT molecular complexity index is 391. The first-order valence-corrected chi connectivity index (χ1v) is 7.95. The summed E-state index contributed by atoms with van der Waals surface area (Å²) in [4.78, 5) is 35.8. The lowest BCUT2D eigenvalue weighted by Gasteiger charge is -2.35. The highest BCUT2D eigenvalue weighted by Crippen LogP contribution is 2.29. The SMILES string of the molecule is COC1(CNC(=O)CN2C(=O)CCC2=O)CCSCC1. The van der Waals surface area contributed by atoms with Gasteiger partial charge in [0.2, 0.25) is 17.7 Å². The lowest BCUT2D eigenvalue weighted by Crippen LogP contribution is -2.49. The van der Waals surface area contributed by atoms with Crippen LogP contribution in [0.3, 0.4) is 0 Å². The largest absolute Gasteiger partial charge is 0.376 e. The van der Waals surface area contributed by atoms with E-state index in [0.717, 1.165) is 29.2 Å². The predicted molar refractivity (Wildman–Crippen MR) is 75.3 cm³/mol. The standard InChI is InChI=1S/C13H20N2O4S/c1-19-13(4-6-20-7-5-13)9-14-10(16)8-15-11(17)2-3-12(15)18/h2-9H2,1H3,(H,14,16). The van der Waals surface area contributed by atoms with E-state index in [1.165, 1.54) is 0 Å². The van der Waals surface area contributed by atoms with Crippen LogP contribution in [0.5, 0.6) is 0 Å². The molecule has 6 nitrogen and oxygen atoms in total. The van der Waals surface area contributed by atoms with Crippen LogP contribution in [0.2, 0.25) is 0 Å². The normalized spacial score (nSPS) is 22.1. The van der Waals surface area contributed by atoms with Crippen LogP contribution in [-0.4, -0.2) is 59.9 Å².